The molecule has 3 aromatic rings. The molecule has 1 heterocycles. The van der Waals surface area contributed by atoms with Gasteiger partial charge in [0, 0.05) is 22.3 Å². The first-order valence-corrected chi connectivity index (χ1v) is 13.2. The molecule has 0 atom stereocenters. The molecule has 3 aromatic carbocycles. The van der Waals surface area contributed by atoms with Crippen molar-refractivity contribution in [2.75, 3.05) is 25.6 Å². The molecule has 190 valence electrons. The highest BCUT2D eigenvalue weighted by atomic mass is 35.5. The van der Waals surface area contributed by atoms with Crippen molar-refractivity contribution in [3.63, 3.8) is 0 Å². The average Bonchev–Trinajstić information content (AvgIpc) is 3.13. The van der Waals surface area contributed by atoms with Crippen LogP contribution in [0.2, 0.25) is 10.0 Å². The average molecular weight is 574 g/mol. The summed E-state index contributed by atoms with van der Waals surface area (Å²) in [4.78, 5) is 27.4. The molecule has 0 spiro atoms. The van der Waals surface area contributed by atoms with E-state index in [1.165, 1.54) is 18.9 Å². The number of benzene rings is 3. The Hall–Kier alpha value is -3.04. The molecule has 1 fully saturated rings. The number of amides is 2. The molecule has 6 nitrogen and oxygen atoms in total. The number of halogens is 2. The molecule has 0 radical (unpaired) electrons. The van der Waals surface area contributed by atoms with Gasteiger partial charge < -0.3 is 14.8 Å². The van der Waals surface area contributed by atoms with Crippen molar-refractivity contribution < 1.29 is 19.1 Å². The predicted molar refractivity (Wildman–Crippen MR) is 154 cm³/mol. The number of thiocarbonyl (C=S) groups is 1. The van der Waals surface area contributed by atoms with Gasteiger partial charge in [0.15, 0.2) is 18.1 Å². The molecule has 10 heteroatoms. The van der Waals surface area contributed by atoms with Gasteiger partial charge in [0.25, 0.3) is 11.8 Å². The number of nitrogens with zero attached hydrogens (tertiary/aromatic N) is 1. The van der Waals surface area contributed by atoms with Crippen LogP contribution in [0, 0.1) is 0 Å². The van der Waals surface area contributed by atoms with Crippen LogP contribution in [0.15, 0.2) is 71.6 Å². The van der Waals surface area contributed by atoms with Crippen molar-refractivity contribution in [3.8, 4) is 11.5 Å². The third-order valence-corrected chi connectivity index (χ3v) is 7.15. The van der Waals surface area contributed by atoms with Crippen molar-refractivity contribution >= 4 is 75.1 Å². The van der Waals surface area contributed by atoms with Crippen molar-refractivity contribution in [3.05, 3.63) is 92.8 Å². The van der Waals surface area contributed by atoms with Gasteiger partial charge in [-0.25, -0.2) is 0 Å². The summed E-state index contributed by atoms with van der Waals surface area (Å²) in [6.45, 7) is 0.269. The first-order valence-electron chi connectivity index (χ1n) is 11.2. The number of rotatable bonds is 9. The largest absolute Gasteiger partial charge is 0.493 e. The first kappa shape index (κ1) is 27.0. The molecule has 1 N–H and O–H groups in total. The lowest BCUT2D eigenvalue weighted by Gasteiger charge is -2.14. The fourth-order valence-electron chi connectivity index (χ4n) is 3.59. The standard InChI is InChI=1S/C27H22Cl2N2O4S2/c1-34-23-11-18(7-8-22(23)35-16-25(32)30-21-14-19(28)13-20(29)15-21)12-24-26(33)31(27(36)37-24)10-9-17-5-3-2-4-6-17/h2-8,11-15H,9-10,16H2,1H3,(H,30,32)/b24-12-. The third kappa shape index (κ3) is 7.26. The number of methoxy groups -OCH3 is 1. The summed E-state index contributed by atoms with van der Waals surface area (Å²) in [6, 6.07) is 19.9. The highest BCUT2D eigenvalue weighted by Gasteiger charge is 2.31. The van der Waals surface area contributed by atoms with Gasteiger partial charge in [-0.3, -0.25) is 14.5 Å². The lowest BCUT2D eigenvalue weighted by Crippen LogP contribution is -2.30. The fourth-order valence-corrected chi connectivity index (χ4v) is 5.42. The molecule has 1 aliphatic heterocycles. The van der Waals surface area contributed by atoms with Crippen LogP contribution in [-0.4, -0.2) is 41.3 Å². The molecule has 0 aliphatic carbocycles. The molecule has 37 heavy (non-hydrogen) atoms. The number of nitrogens with one attached hydrogen (secondary N) is 1. The molecular formula is C27H22Cl2N2O4S2. The minimum Gasteiger partial charge on any atom is -0.493 e. The Morgan fingerprint density at radius 1 is 1.05 bits per heavy atom. The molecule has 0 saturated carbocycles. The van der Waals surface area contributed by atoms with Crippen molar-refractivity contribution in [1.82, 2.24) is 4.90 Å². The minimum atomic E-state index is -0.386. The van der Waals surface area contributed by atoms with Gasteiger partial charge >= 0.3 is 0 Å². The summed E-state index contributed by atoms with van der Waals surface area (Å²) in [5, 5.41) is 3.51. The zero-order chi connectivity index (χ0) is 26.4. The zero-order valence-electron chi connectivity index (χ0n) is 19.7. The van der Waals surface area contributed by atoms with Crippen LogP contribution in [0.1, 0.15) is 11.1 Å². The van der Waals surface area contributed by atoms with Crippen LogP contribution in [0.3, 0.4) is 0 Å². The fraction of sp³-hybridized carbons (Fsp3) is 0.148. The number of ether oxygens (including phenoxy) is 2. The van der Waals surface area contributed by atoms with E-state index in [-0.39, 0.29) is 18.4 Å². The number of anilines is 1. The summed E-state index contributed by atoms with van der Waals surface area (Å²) < 4.78 is 11.6. The lowest BCUT2D eigenvalue weighted by atomic mass is 10.1. The van der Waals surface area contributed by atoms with Gasteiger partial charge in [0.1, 0.15) is 4.32 Å². The van der Waals surface area contributed by atoms with Crippen molar-refractivity contribution in [2.45, 2.75) is 6.42 Å². The Bertz CT molecular complexity index is 1350. The first-order chi connectivity index (χ1) is 17.8. The van der Waals surface area contributed by atoms with Crippen LogP contribution in [0.4, 0.5) is 5.69 Å². The molecule has 0 bridgehead atoms. The monoisotopic (exact) mass is 572 g/mol. The summed E-state index contributed by atoms with van der Waals surface area (Å²) >= 11 is 18.7. The van der Waals surface area contributed by atoms with Crippen LogP contribution in [0.25, 0.3) is 6.08 Å². The van der Waals surface area contributed by atoms with Crippen LogP contribution < -0.4 is 14.8 Å². The smallest absolute Gasteiger partial charge is 0.266 e. The Kier molecular flexibility index (Phi) is 9.10. The maximum Gasteiger partial charge on any atom is 0.266 e. The highest BCUT2D eigenvalue weighted by Crippen LogP contribution is 2.35. The van der Waals surface area contributed by atoms with Gasteiger partial charge in [-0.1, -0.05) is 83.6 Å². The third-order valence-electron chi connectivity index (χ3n) is 5.33. The number of thioether (sulfide) groups is 1. The molecule has 4 rings (SSSR count). The van der Waals surface area contributed by atoms with Gasteiger partial charge in [-0.2, -0.15) is 0 Å². The maximum atomic E-state index is 13.0. The minimum absolute atomic E-state index is 0.122. The van der Waals surface area contributed by atoms with Gasteiger partial charge in [0.05, 0.1) is 12.0 Å². The Morgan fingerprint density at radius 3 is 2.49 bits per heavy atom. The number of hydrogen-bond acceptors (Lipinski definition) is 6. The van der Waals surface area contributed by atoms with E-state index in [4.69, 9.17) is 44.9 Å². The summed E-state index contributed by atoms with van der Waals surface area (Å²) in [7, 11) is 1.50. The second-order valence-electron chi connectivity index (χ2n) is 7.97. The van der Waals surface area contributed by atoms with E-state index in [2.05, 4.69) is 5.32 Å². The number of carbonyl (C=O) groups excluding carboxylic acids is 2. The Morgan fingerprint density at radius 2 is 1.78 bits per heavy atom. The predicted octanol–water partition coefficient (Wildman–Crippen LogP) is 6.46. The molecule has 0 unspecified atom stereocenters. The number of carbonyl (C=O) groups is 2. The Balaban J connectivity index is 1.39. The second-order valence-corrected chi connectivity index (χ2v) is 10.5. The molecule has 0 aromatic heterocycles. The van der Waals surface area contributed by atoms with E-state index in [1.54, 1.807) is 47.4 Å². The lowest BCUT2D eigenvalue weighted by molar-refractivity contribution is -0.122. The van der Waals surface area contributed by atoms with E-state index in [0.29, 0.717) is 43.0 Å². The zero-order valence-corrected chi connectivity index (χ0v) is 22.8. The summed E-state index contributed by atoms with van der Waals surface area (Å²) in [6.07, 6.45) is 2.49. The van der Waals surface area contributed by atoms with E-state index >= 15 is 0 Å². The van der Waals surface area contributed by atoms with Crippen LogP contribution in [-0.2, 0) is 16.0 Å². The topological polar surface area (TPSA) is 67.9 Å². The summed E-state index contributed by atoms with van der Waals surface area (Å²) in [5.41, 5.74) is 2.35. The van der Waals surface area contributed by atoms with Crippen molar-refractivity contribution in [1.29, 1.82) is 0 Å². The second kappa shape index (κ2) is 12.5. The molecule has 2 amide bonds. The molecular weight excluding hydrogens is 551 g/mol. The maximum absolute atomic E-state index is 13.0. The van der Waals surface area contributed by atoms with E-state index < -0.39 is 0 Å². The Labute approximate surface area is 234 Å². The van der Waals surface area contributed by atoms with Gasteiger partial charge in [-0.05, 0) is 54.0 Å². The quantitative estimate of drug-likeness (QED) is 0.234. The number of hydrogen-bond donors (Lipinski definition) is 1. The summed E-state index contributed by atoms with van der Waals surface area (Å²) in [5.74, 6) is 0.299. The molecule has 1 aliphatic rings. The highest BCUT2D eigenvalue weighted by molar-refractivity contribution is 8.26. The van der Waals surface area contributed by atoms with E-state index in [0.717, 1.165) is 17.5 Å². The normalized spacial score (nSPS) is 14.2. The molecule has 1 saturated heterocycles. The van der Waals surface area contributed by atoms with Crippen LogP contribution in [0.5, 0.6) is 11.5 Å². The van der Waals surface area contributed by atoms with Crippen LogP contribution >= 0.6 is 47.2 Å². The SMILES string of the molecule is COc1cc(/C=C2\SC(=S)N(CCc3ccccc3)C2=O)ccc1OCC(=O)Nc1cc(Cl)cc(Cl)c1. The van der Waals surface area contributed by atoms with Gasteiger partial charge in [-0.15, -0.1) is 0 Å². The van der Waals surface area contributed by atoms with Crippen molar-refractivity contribution in [2.24, 2.45) is 0 Å². The van der Waals surface area contributed by atoms with E-state index in [9.17, 15) is 9.59 Å². The van der Waals surface area contributed by atoms with E-state index in [1.807, 2.05) is 30.3 Å². The van der Waals surface area contributed by atoms with Gasteiger partial charge in [0.2, 0.25) is 0 Å².